The summed E-state index contributed by atoms with van der Waals surface area (Å²) in [7, 11) is 0. The third-order valence-electron chi connectivity index (χ3n) is 5.57. The lowest BCUT2D eigenvalue weighted by Gasteiger charge is -2.42. The number of hydrogen-bond acceptors (Lipinski definition) is 3. The van der Waals surface area contributed by atoms with E-state index in [1.165, 1.54) is 57.8 Å². The van der Waals surface area contributed by atoms with Crippen LogP contribution in [0.2, 0.25) is 0 Å². The van der Waals surface area contributed by atoms with Gasteiger partial charge in [-0.2, -0.15) is 10.2 Å². The highest BCUT2D eigenvalue weighted by Crippen LogP contribution is 2.42. The van der Waals surface area contributed by atoms with E-state index in [9.17, 15) is 5.11 Å². The number of aliphatic hydroxyl groups excluding tert-OH is 1. The van der Waals surface area contributed by atoms with Gasteiger partial charge in [0, 0.05) is 0 Å². The summed E-state index contributed by atoms with van der Waals surface area (Å²) >= 11 is 0. The Balaban J connectivity index is 1.61. The molecule has 0 radical (unpaired) electrons. The van der Waals surface area contributed by atoms with Gasteiger partial charge < -0.3 is 5.11 Å². The first-order valence-corrected chi connectivity index (χ1v) is 8.42. The van der Waals surface area contributed by atoms with Crippen LogP contribution in [0.1, 0.15) is 70.6 Å². The standard InChI is InChI=1S/C16H28N2O/c19-16-11-10-15(13-8-4-5-9-14(13)16)18-17-12-6-2-1-3-7-12/h12-16,19H,1-11H2. The van der Waals surface area contributed by atoms with E-state index in [1.54, 1.807) is 0 Å². The molecule has 3 fully saturated rings. The van der Waals surface area contributed by atoms with Crippen molar-refractivity contribution in [1.82, 2.24) is 0 Å². The number of fused-ring (bicyclic) bond motifs is 1. The molecule has 0 heterocycles. The Labute approximate surface area is 116 Å². The molecule has 4 unspecified atom stereocenters. The molecule has 3 heteroatoms. The highest BCUT2D eigenvalue weighted by atomic mass is 16.3. The number of aliphatic hydroxyl groups is 1. The van der Waals surface area contributed by atoms with Crippen LogP contribution < -0.4 is 0 Å². The van der Waals surface area contributed by atoms with Gasteiger partial charge in [-0.05, 0) is 50.4 Å². The van der Waals surface area contributed by atoms with Crippen molar-refractivity contribution in [2.45, 2.75) is 88.8 Å². The molecule has 0 aliphatic heterocycles. The fourth-order valence-corrected chi connectivity index (χ4v) is 4.43. The third-order valence-corrected chi connectivity index (χ3v) is 5.57. The molecule has 3 saturated carbocycles. The van der Waals surface area contributed by atoms with Crippen LogP contribution in [0, 0.1) is 11.8 Å². The van der Waals surface area contributed by atoms with E-state index >= 15 is 0 Å². The van der Waals surface area contributed by atoms with Crippen molar-refractivity contribution in [3.63, 3.8) is 0 Å². The van der Waals surface area contributed by atoms with E-state index in [2.05, 4.69) is 5.11 Å². The average molecular weight is 264 g/mol. The summed E-state index contributed by atoms with van der Waals surface area (Å²) in [6.45, 7) is 0. The van der Waals surface area contributed by atoms with Gasteiger partial charge in [-0.15, -0.1) is 0 Å². The molecule has 0 aromatic carbocycles. The largest absolute Gasteiger partial charge is 0.393 e. The second kappa shape index (κ2) is 6.34. The van der Waals surface area contributed by atoms with Crippen LogP contribution >= 0.6 is 0 Å². The molecular weight excluding hydrogens is 236 g/mol. The zero-order chi connectivity index (χ0) is 13.1. The molecule has 0 aromatic rings. The predicted octanol–water partition coefficient (Wildman–Crippen LogP) is 4.10. The second-order valence-corrected chi connectivity index (χ2v) is 6.85. The Bertz CT molecular complexity index is 312. The number of hydrogen-bond donors (Lipinski definition) is 1. The fourth-order valence-electron chi connectivity index (χ4n) is 4.43. The third kappa shape index (κ3) is 3.18. The molecule has 3 aliphatic carbocycles. The molecule has 3 aliphatic rings. The molecule has 0 spiro atoms. The maximum Gasteiger partial charge on any atom is 0.0741 e. The van der Waals surface area contributed by atoms with Gasteiger partial charge in [-0.25, -0.2) is 0 Å². The van der Waals surface area contributed by atoms with Crippen molar-refractivity contribution in [2.75, 3.05) is 0 Å². The molecule has 0 bridgehead atoms. The maximum atomic E-state index is 10.2. The van der Waals surface area contributed by atoms with Crippen molar-refractivity contribution in [3.8, 4) is 0 Å². The first-order chi connectivity index (χ1) is 9.34. The van der Waals surface area contributed by atoms with Gasteiger partial charge in [0.05, 0.1) is 18.2 Å². The van der Waals surface area contributed by atoms with Crippen LogP contribution in [0.4, 0.5) is 0 Å². The molecule has 3 rings (SSSR count). The first kappa shape index (κ1) is 13.5. The fraction of sp³-hybridized carbons (Fsp3) is 1.00. The van der Waals surface area contributed by atoms with E-state index in [4.69, 9.17) is 5.11 Å². The predicted molar refractivity (Wildman–Crippen MR) is 76.2 cm³/mol. The van der Waals surface area contributed by atoms with Gasteiger partial charge in [0.1, 0.15) is 0 Å². The van der Waals surface area contributed by atoms with Gasteiger partial charge in [-0.3, -0.25) is 0 Å². The minimum atomic E-state index is -0.0635. The van der Waals surface area contributed by atoms with Gasteiger partial charge in [0.15, 0.2) is 0 Å². The smallest absolute Gasteiger partial charge is 0.0741 e. The molecule has 4 atom stereocenters. The Morgan fingerprint density at radius 2 is 1.32 bits per heavy atom. The minimum Gasteiger partial charge on any atom is -0.393 e. The summed E-state index contributed by atoms with van der Waals surface area (Å²) in [5, 5.41) is 19.6. The Morgan fingerprint density at radius 1 is 0.632 bits per heavy atom. The Kier molecular flexibility index (Phi) is 4.52. The lowest BCUT2D eigenvalue weighted by atomic mass is 9.67. The van der Waals surface area contributed by atoms with Crippen molar-refractivity contribution < 1.29 is 5.11 Å². The molecule has 108 valence electrons. The van der Waals surface area contributed by atoms with Crippen LogP contribution in [0.15, 0.2) is 10.2 Å². The van der Waals surface area contributed by atoms with Crippen molar-refractivity contribution in [1.29, 1.82) is 0 Å². The number of rotatable bonds is 2. The molecule has 0 amide bonds. The van der Waals surface area contributed by atoms with Crippen LogP contribution in [0.25, 0.3) is 0 Å². The molecular formula is C16H28N2O. The SMILES string of the molecule is OC1CCC(N=NC2CCCCC2)C2CCCCC12. The summed E-state index contributed by atoms with van der Waals surface area (Å²) < 4.78 is 0. The highest BCUT2D eigenvalue weighted by Gasteiger charge is 2.40. The van der Waals surface area contributed by atoms with E-state index in [1.807, 2.05) is 0 Å². The zero-order valence-electron chi connectivity index (χ0n) is 12.0. The van der Waals surface area contributed by atoms with Gasteiger partial charge >= 0.3 is 0 Å². The summed E-state index contributed by atoms with van der Waals surface area (Å²) in [5.41, 5.74) is 0. The van der Waals surface area contributed by atoms with Crippen molar-refractivity contribution in [2.24, 2.45) is 22.1 Å². The Hall–Kier alpha value is -0.440. The molecule has 3 nitrogen and oxygen atoms in total. The quantitative estimate of drug-likeness (QED) is 0.750. The van der Waals surface area contributed by atoms with Crippen LogP contribution in [0.3, 0.4) is 0 Å². The van der Waals surface area contributed by atoms with E-state index < -0.39 is 0 Å². The van der Waals surface area contributed by atoms with Crippen molar-refractivity contribution in [3.05, 3.63) is 0 Å². The zero-order valence-corrected chi connectivity index (χ0v) is 12.0. The monoisotopic (exact) mass is 264 g/mol. The molecule has 0 aromatic heterocycles. The molecule has 1 N–H and O–H groups in total. The lowest BCUT2D eigenvalue weighted by Crippen LogP contribution is -2.41. The molecule has 19 heavy (non-hydrogen) atoms. The van der Waals surface area contributed by atoms with Crippen molar-refractivity contribution >= 4 is 0 Å². The van der Waals surface area contributed by atoms with Crippen LogP contribution in [-0.2, 0) is 0 Å². The van der Waals surface area contributed by atoms with Crippen LogP contribution in [-0.4, -0.2) is 23.3 Å². The summed E-state index contributed by atoms with van der Waals surface area (Å²) in [6, 6.07) is 0.915. The summed E-state index contributed by atoms with van der Waals surface area (Å²) in [5.74, 6) is 1.13. The number of nitrogens with zero attached hydrogens (tertiary/aromatic N) is 2. The molecule has 0 saturated heterocycles. The Morgan fingerprint density at radius 3 is 2.11 bits per heavy atom. The van der Waals surface area contributed by atoms with E-state index in [-0.39, 0.29) is 6.10 Å². The van der Waals surface area contributed by atoms with Gasteiger partial charge in [0.2, 0.25) is 0 Å². The highest BCUT2D eigenvalue weighted by molar-refractivity contribution is 4.93. The number of azo groups is 1. The van der Waals surface area contributed by atoms with Gasteiger partial charge in [-0.1, -0.05) is 32.1 Å². The minimum absolute atomic E-state index is 0.0635. The second-order valence-electron chi connectivity index (χ2n) is 6.85. The lowest BCUT2D eigenvalue weighted by molar-refractivity contribution is -0.000704. The first-order valence-electron chi connectivity index (χ1n) is 8.42. The van der Waals surface area contributed by atoms with E-state index in [0.29, 0.717) is 23.9 Å². The maximum absolute atomic E-state index is 10.2. The van der Waals surface area contributed by atoms with E-state index in [0.717, 1.165) is 12.8 Å². The normalized spacial score (nSPS) is 41.3. The summed E-state index contributed by atoms with van der Waals surface area (Å²) in [6.07, 6.45) is 13.6. The average Bonchev–Trinajstić information content (AvgIpc) is 2.48. The van der Waals surface area contributed by atoms with Crippen LogP contribution in [0.5, 0.6) is 0 Å². The topological polar surface area (TPSA) is 45.0 Å². The summed E-state index contributed by atoms with van der Waals surface area (Å²) in [4.78, 5) is 0. The van der Waals surface area contributed by atoms with Gasteiger partial charge in [0.25, 0.3) is 0 Å².